The van der Waals surface area contributed by atoms with E-state index in [1.165, 1.54) is 5.57 Å². The second-order valence-corrected chi connectivity index (χ2v) is 6.92. The van der Waals surface area contributed by atoms with Gasteiger partial charge in [-0.05, 0) is 38.7 Å². The summed E-state index contributed by atoms with van der Waals surface area (Å²) in [5.41, 5.74) is 3.44. The van der Waals surface area contributed by atoms with Gasteiger partial charge in [-0.25, -0.2) is 0 Å². The van der Waals surface area contributed by atoms with Crippen molar-refractivity contribution >= 4 is 5.97 Å². The maximum absolute atomic E-state index is 10.6. The molecule has 0 aliphatic rings. The highest BCUT2D eigenvalue weighted by atomic mass is 16.5. The smallest absolute Gasteiger partial charge is 0.303 e. The molecule has 0 fully saturated rings. The molecule has 0 heterocycles. The predicted molar refractivity (Wildman–Crippen MR) is 105 cm³/mol. The molecule has 0 aromatic heterocycles. The molecule has 0 amide bonds. The fourth-order valence-corrected chi connectivity index (χ4v) is 2.62. The molecule has 0 spiro atoms. The highest BCUT2D eigenvalue weighted by Crippen LogP contribution is 2.15. The monoisotopic (exact) mass is 360 g/mol. The third-order valence-corrected chi connectivity index (χ3v) is 4.32. The summed E-state index contributed by atoms with van der Waals surface area (Å²) >= 11 is 0. The number of benzene rings is 1. The quantitative estimate of drug-likeness (QED) is 0.529. The molecule has 0 aliphatic heterocycles. The third-order valence-electron chi connectivity index (χ3n) is 4.32. The van der Waals surface area contributed by atoms with Crippen LogP contribution < -0.4 is 0 Å². The van der Waals surface area contributed by atoms with E-state index < -0.39 is 12.1 Å². The van der Waals surface area contributed by atoms with Crippen LogP contribution in [0.5, 0.6) is 0 Å². The molecule has 1 aromatic rings. The average molecular weight is 360 g/mol. The van der Waals surface area contributed by atoms with E-state index in [-0.39, 0.29) is 12.3 Å². The number of carboxylic acid groups (broad SMARTS) is 1. The van der Waals surface area contributed by atoms with Crippen molar-refractivity contribution in [1.82, 2.24) is 0 Å². The third kappa shape index (κ3) is 10.2. The SMILES string of the molecule is C/C(=C\[C@@H](C)[C@H](O)COCc1ccccc1)CC/C=C(\C)CCC(=O)O. The number of hydrogen-bond donors (Lipinski definition) is 2. The van der Waals surface area contributed by atoms with Crippen molar-refractivity contribution in [2.45, 2.75) is 59.2 Å². The minimum absolute atomic E-state index is 0.0304. The van der Waals surface area contributed by atoms with Crippen LogP contribution in [0.4, 0.5) is 0 Å². The fraction of sp³-hybridized carbons (Fsp3) is 0.500. The Morgan fingerprint density at radius 3 is 2.46 bits per heavy atom. The van der Waals surface area contributed by atoms with E-state index in [9.17, 15) is 9.90 Å². The topological polar surface area (TPSA) is 66.8 Å². The number of hydrogen-bond acceptors (Lipinski definition) is 3. The van der Waals surface area contributed by atoms with Gasteiger partial charge in [0.25, 0.3) is 0 Å². The number of aliphatic hydroxyl groups excluding tert-OH is 1. The Morgan fingerprint density at radius 1 is 1.12 bits per heavy atom. The van der Waals surface area contributed by atoms with E-state index in [0.29, 0.717) is 19.6 Å². The van der Waals surface area contributed by atoms with Crippen molar-refractivity contribution in [2.75, 3.05) is 6.61 Å². The molecule has 2 N–H and O–H groups in total. The molecule has 1 aromatic carbocycles. The summed E-state index contributed by atoms with van der Waals surface area (Å²) in [6, 6.07) is 9.93. The molecule has 0 aliphatic carbocycles. The second kappa shape index (κ2) is 12.4. The predicted octanol–water partition coefficient (Wildman–Crippen LogP) is 4.74. The van der Waals surface area contributed by atoms with Crippen molar-refractivity contribution in [1.29, 1.82) is 0 Å². The summed E-state index contributed by atoms with van der Waals surface area (Å²) in [5.74, 6) is -0.728. The molecule has 4 heteroatoms. The first-order chi connectivity index (χ1) is 12.4. The van der Waals surface area contributed by atoms with Crippen LogP contribution in [-0.4, -0.2) is 28.9 Å². The molecule has 26 heavy (non-hydrogen) atoms. The van der Waals surface area contributed by atoms with E-state index in [1.54, 1.807) is 0 Å². The number of ether oxygens (including phenoxy) is 1. The molecule has 0 saturated carbocycles. The average Bonchev–Trinajstić information content (AvgIpc) is 2.60. The number of carboxylic acids is 1. The molecular formula is C22H32O4. The van der Waals surface area contributed by atoms with Crippen molar-refractivity contribution < 1.29 is 19.7 Å². The summed E-state index contributed by atoms with van der Waals surface area (Å²) in [6.07, 6.45) is 6.26. The van der Waals surface area contributed by atoms with Crippen molar-refractivity contribution in [3.05, 3.63) is 59.2 Å². The second-order valence-electron chi connectivity index (χ2n) is 6.92. The summed E-state index contributed by atoms with van der Waals surface area (Å²) in [4.78, 5) is 10.6. The van der Waals surface area contributed by atoms with Crippen LogP contribution in [-0.2, 0) is 16.1 Å². The van der Waals surface area contributed by atoms with Crippen LogP contribution in [0.2, 0.25) is 0 Å². The lowest BCUT2D eigenvalue weighted by Gasteiger charge is -2.17. The van der Waals surface area contributed by atoms with Crippen LogP contribution in [0.1, 0.15) is 52.0 Å². The molecule has 0 unspecified atom stereocenters. The highest BCUT2D eigenvalue weighted by Gasteiger charge is 2.12. The van der Waals surface area contributed by atoms with Crippen LogP contribution in [0.3, 0.4) is 0 Å². The van der Waals surface area contributed by atoms with E-state index in [2.05, 4.69) is 19.1 Å². The number of aliphatic carboxylic acids is 1. The first kappa shape index (κ1) is 22.1. The zero-order valence-corrected chi connectivity index (χ0v) is 16.1. The van der Waals surface area contributed by atoms with Crippen LogP contribution in [0.25, 0.3) is 0 Å². The first-order valence-electron chi connectivity index (χ1n) is 9.23. The van der Waals surface area contributed by atoms with E-state index in [0.717, 1.165) is 24.0 Å². The van der Waals surface area contributed by atoms with Gasteiger partial charge >= 0.3 is 5.97 Å². The molecule has 2 atom stereocenters. The number of carbonyl (C=O) groups is 1. The van der Waals surface area contributed by atoms with Gasteiger partial charge in [0.05, 0.1) is 19.3 Å². The van der Waals surface area contributed by atoms with Gasteiger partial charge < -0.3 is 14.9 Å². The van der Waals surface area contributed by atoms with E-state index in [4.69, 9.17) is 9.84 Å². The van der Waals surface area contributed by atoms with Crippen molar-refractivity contribution in [3.8, 4) is 0 Å². The van der Waals surface area contributed by atoms with Crippen molar-refractivity contribution in [3.63, 3.8) is 0 Å². The summed E-state index contributed by atoms with van der Waals surface area (Å²) < 4.78 is 5.61. The highest BCUT2D eigenvalue weighted by molar-refractivity contribution is 5.66. The van der Waals surface area contributed by atoms with Gasteiger partial charge in [0, 0.05) is 12.3 Å². The minimum Gasteiger partial charge on any atom is -0.481 e. The van der Waals surface area contributed by atoms with E-state index in [1.807, 2.05) is 44.2 Å². The molecule has 144 valence electrons. The van der Waals surface area contributed by atoms with Gasteiger partial charge in [0.1, 0.15) is 0 Å². The standard InChI is InChI=1S/C22H32O4/c1-17(12-13-22(24)25)8-7-9-18(2)14-19(3)21(23)16-26-15-20-10-5-4-6-11-20/h4-6,8,10-11,14,19,21,23H,7,9,12-13,15-16H2,1-3H3,(H,24,25)/b17-8+,18-14+/t19-,21-/m1/s1. The fourth-order valence-electron chi connectivity index (χ4n) is 2.62. The molecule has 0 radical (unpaired) electrons. The van der Waals surface area contributed by atoms with Gasteiger partial charge in [-0.2, -0.15) is 0 Å². The Bertz CT molecular complexity index is 589. The molecular weight excluding hydrogens is 328 g/mol. The molecule has 0 saturated heterocycles. The Labute approximate surface area is 157 Å². The number of aliphatic hydroxyl groups is 1. The lowest BCUT2D eigenvalue weighted by molar-refractivity contribution is -0.136. The maximum atomic E-state index is 10.6. The number of allylic oxidation sites excluding steroid dienone is 3. The van der Waals surface area contributed by atoms with Crippen LogP contribution in [0.15, 0.2) is 53.6 Å². The van der Waals surface area contributed by atoms with Gasteiger partial charge in [-0.15, -0.1) is 0 Å². The summed E-state index contributed by atoms with van der Waals surface area (Å²) in [6.45, 7) is 6.85. The summed E-state index contributed by atoms with van der Waals surface area (Å²) in [7, 11) is 0. The zero-order valence-electron chi connectivity index (χ0n) is 16.1. The lowest BCUT2D eigenvalue weighted by atomic mass is 9.99. The Kier molecular flexibility index (Phi) is 10.6. The first-order valence-corrected chi connectivity index (χ1v) is 9.23. The Hall–Kier alpha value is -1.91. The normalized spacial score (nSPS) is 14.9. The lowest BCUT2D eigenvalue weighted by Crippen LogP contribution is -2.22. The number of rotatable bonds is 12. The largest absolute Gasteiger partial charge is 0.481 e. The van der Waals surface area contributed by atoms with Crippen LogP contribution >= 0.6 is 0 Å². The zero-order chi connectivity index (χ0) is 19.4. The molecule has 0 bridgehead atoms. The maximum Gasteiger partial charge on any atom is 0.303 e. The van der Waals surface area contributed by atoms with Gasteiger partial charge in [-0.3, -0.25) is 4.79 Å². The van der Waals surface area contributed by atoms with Gasteiger partial charge in [0.15, 0.2) is 0 Å². The minimum atomic E-state index is -0.758. The Morgan fingerprint density at radius 2 is 1.81 bits per heavy atom. The molecule has 4 nitrogen and oxygen atoms in total. The van der Waals surface area contributed by atoms with E-state index >= 15 is 0 Å². The van der Waals surface area contributed by atoms with Gasteiger partial charge in [-0.1, -0.05) is 60.6 Å². The van der Waals surface area contributed by atoms with Gasteiger partial charge in [0.2, 0.25) is 0 Å². The van der Waals surface area contributed by atoms with Crippen molar-refractivity contribution in [2.24, 2.45) is 5.92 Å². The van der Waals surface area contributed by atoms with Crippen LogP contribution in [0, 0.1) is 5.92 Å². The molecule has 1 rings (SSSR count). The summed E-state index contributed by atoms with van der Waals surface area (Å²) in [5, 5.41) is 18.9. The Balaban J connectivity index is 2.30.